The van der Waals surface area contributed by atoms with Crippen molar-refractivity contribution in [1.82, 2.24) is 9.97 Å². The molecule has 0 fully saturated rings. The minimum atomic E-state index is -0.0927. The maximum Gasteiger partial charge on any atom is 0.198 e. The van der Waals surface area contributed by atoms with Gasteiger partial charge >= 0.3 is 0 Å². The first kappa shape index (κ1) is 11.6. The van der Waals surface area contributed by atoms with Crippen molar-refractivity contribution >= 4 is 17.4 Å². The predicted molar refractivity (Wildman–Crippen MR) is 60.1 cm³/mol. The molecule has 0 aliphatic rings. The van der Waals surface area contributed by atoms with E-state index in [0.717, 1.165) is 6.42 Å². The van der Waals surface area contributed by atoms with E-state index in [0.29, 0.717) is 11.6 Å². The average molecular weight is 226 g/mol. The van der Waals surface area contributed by atoms with Gasteiger partial charge in [0.05, 0.1) is 13.2 Å². The van der Waals surface area contributed by atoms with Crippen molar-refractivity contribution in [1.29, 1.82) is 0 Å². The Labute approximate surface area is 94.0 Å². The molecule has 1 N–H and O–H groups in total. The van der Waals surface area contributed by atoms with Gasteiger partial charge in [0, 0.05) is 0 Å². The van der Waals surface area contributed by atoms with Gasteiger partial charge in [0.15, 0.2) is 16.7 Å². The summed E-state index contributed by atoms with van der Waals surface area (Å²) in [5, 5.41) is 3.31. The number of ether oxygens (including phenoxy) is 1. The Balaban J connectivity index is 2.94. The van der Waals surface area contributed by atoms with Crippen molar-refractivity contribution in [3.63, 3.8) is 0 Å². The van der Waals surface area contributed by atoms with Gasteiger partial charge in [-0.1, -0.05) is 24.4 Å². The summed E-state index contributed by atoms with van der Waals surface area (Å²) in [6.45, 7) is 1.98. The van der Waals surface area contributed by atoms with Gasteiger partial charge in [-0.15, -0.1) is 6.42 Å². The topological polar surface area (TPSA) is 47.0 Å². The lowest BCUT2D eigenvalue weighted by atomic mass is 10.2. The van der Waals surface area contributed by atoms with Crippen LogP contribution in [-0.4, -0.2) is 23.1 Å². The van der Waals surface area contributed by atoms with Crippen LogP contribution in [0.4, 0.5) is 5.82 Å². The molecule has 1 atom stereocenters. The normalized spacial score (nSPS) is 11.6. The number of nitrogens with one attached hydrogen (secondary N) is 1. The average Bonchev–Trinajstić information content (AvgIpc) is 2.26. The number of terminal acetylenes is 1. The zero-order valence-corrected chi connectivity index (χ0v) is 9.38. The van der Waals surface area contributed by atoms with Crippen molar-refractivity contribution in [2.45, 2.75) is 19.4 Å². The second kappa shape index (κ2) is 5.42. The predicted octanol–water partition coefficient (Wildman–Crippen LogP) is 1.96. The highest BCUT2D eigenvalue weighted by Crippen LogP contribution is 2.28. The van der Waals surface area contributed by atoms with Crippen LogP contribution in [0.2, 0.25) is 5.15 Å². The van der Waals surface area contributed by atoms with Gasteiger partial charge < -0.3 is 10.1 Å². The Hall–Kier alpha value is -1.47. The Bertz CT molecular complexity index is 375. The first-order valence-electron chi connectivity index (χ1n) is 4.50. The molecule has 5 heteroatoms. The van der Waals surface area contributed by atoms with Crippen molar-refractivity contribution in [2.24, 2.45) is 0 Å². The number of rotatable bonds is 4. The van der Waals surface area contributed by atoms with E-state index in [1.165, 1.54) is 13.4 Å². The summed E-state index contributed by atoms with van der Waals surface area (Å²) in [7, 11) is 1.51. The Morgan fingerprint density at radius 1 is 1.67 bits per heavy atom. The Morgan fingerprint density at radius 3 is 2.93 bits per heavy atom. The van der Waals surface area contributed by atoms with Gasteiger partial charge in [-0.05, 0) is 6.42 Å². The van der Waals surface area contributed by atoms with Crippen molar-refractivity contribution < 1.29 is 4.74 Å². The van der Waals surface area contributed by atoms with Crippen LogP contribution in [0.15, 0.2) is 6.33 Å². The summed E-state index contributed by atoms with van der Waals surface area (Å²) in [6.07, 6.45) is 7.48. The summed E-state index contributed by atoms with van der Waals surface area (Å²) >= 11 is 5.83. The van der Waals surface area contributed by atoms with Gasteiger partial charge in [-0.25, -0.2) is 9.97 Å². The fraction of sp³-hybridized carbons (Fsp3) is 0.400. The van der Waals surface area contributed by atoms with Crippen LogP contribution in [0.5, 0.6) is 5.75 Å². The highest BCUT2D eigenvalue weighted by Gasteiger charge is 2.12. The van der Waals surface area contributed by atoms with E-state index in [1.807, 2.05) is 6.92 Å². The number of nitrogens with zero attached hydrogens (tertiary/aromatic N) is 2. The number of hydrogen-bond acceptors (Lipinski definition) is 4. The first-order chi connectivity index (χ1) is 7.22. The second-order valence-corrected chi connectivity index (χ2v) is 3.18. The van der Waals surface area contributed by atoms with Crippen LogP contribution in [0.3, 0.4) is 0 Å². The van der Waals surface area contributed by atoms with Crippen LogP contribution in [-0.2, 0) is 0 Å². The zero-order valence-electron chi connectivity index (χ0n) is 8.62. The van der Waals surface area contributed by atoms with E-state index in [9.17, 15) is 0 Å². The maximum atomic E-state index is 5.83. The molecular weight excluding hydrogens is 214 g/mol. The van der Waals surface area contributed by atoms with Gasteiger partial charge in [0.25, 0.3) is 0 Å². The lowest BCUT2D eigenvalue weighted by Gasteiger charge is -2.14. The fourth-order valence-electron chi connectivity index (χ4n) is 1.06. The summed E-state index contributed by atoms with van der Waals surface area (Å²) in [5.74, 6) is 3.53. The van der Waals surface area contributed by atoms with E-state index in [1.54, 1.807) is 0 Å². The SMILES string of the molecule is C#CC(CC)Nc1ncnc(Cl)c1OC. The van der Waals surface area contributed by atoms with Crippen LogP contribution in [0.25, 0.3) is 0 Å². The standard InChI is InChI=1S/C10H12ClN3O/c1-4-7(5-2)14-10-8(15-3)9(11)12-6-13-10/h1,6-7H,5H2,2-3H3,(H,12,13,14). The van der Waals surface area contributed by atoms with Crippen LogP contribution < -0.4 is 10.1 Å². The van der Waals surface area contributed by atoms with Gasteiger partial charge in [0.2, 0.25) is 0 Å². The number of anilines is 1. The first-order valence-corrected chi connectivity index (χ1v) is 4.87. The molecule has 1 rings (SSSR count). The summed E-state index contributed by atoms with van der Waals surface area (Å²) in [5.41, 5.74) is 0. The molecule has 1 aromatic heterocycles. The molecule has 1 heterocycles. The second-order valence-electron chi connectivity index (χ2n) is 2.82. The minimum Gasteiger partial charge on any atom is -0.490 e. The third kappa shape index (κ3) is 2.74. The van der Waals surface area contributed by atoms with E-state index >= 15 is 0 Å². The van der Waals surface area contributed by atoms with Crippen molar-refractivity contribution in [3.05, 3.63) is 11.5 Å². The molecule has 0 radical (unpaired) electrons. The minimum absolute atomic E-state index is 0.0927. The Kier molecular flexibility index (Phi) is 4.19. The molecule has 0 aliphatic heterocycles. The molecule has 80 valence electrons. The molecule has 0 saturated carbocycles. The number of halogens is 1. The number of hydrogen-bond donors (Lipinski definition) is 1. The fourth-order valence-corrected chi connectivity index (χ4v) is 1.27. The molecule has 0 bridgehead atoms. The van der Waals surface area contributed by atoms with Crippen LogP contribution in [0, 0.1) is 12.3 Å². The monoisotopic (exact) mass is 225 g/mol. The molecule has 0 spiro atoms. The largest absolute Gasteiger partial charge is 0.490 e. The van der Waals surface area contributed by atoms with E-state index in [2.05, 4.69) is 21.2 Å². The number of methoxy groups -OCH3 is 1. The zero-order chi connectivity index (χ0) is 11.3. The third-order valence-electron chi connectivity index (χ3n) is 1.88. The molecular formula is C10H12ClN3O. The molecule has 15 heavy (non-hydrogen) atoms. The molecule has 1 aromatic rings. The molecule has 0 amide bonds. The Morgan fingerprint density at radius 2 is 2.40 bits per heavy atom. The lowest BCUT2D eigenvalue weighted by Crippen LogP contribution is -2.17. The number of aromatic nitrogens is 2. The highest BCUT2D eigenvalue weighted by molar-refractivity contribution is 6.31. The summed E-state index contributed by atoms with van der Waals surface area (Å²) in [4.78, 5) is 7.83. The maximum absolute atomic E-state index is 5.83. The molecule has 0 saturated heterocycles. The van der Waals surface area contributed by atoms with E-state index < -0.39 is 0 Å². The van der Waals surface area contributed by atoms with E-state index in [-0.39, 0.29) is 11.2 Å². The molecule has 0 aromatic carbocycles. The van der Waals surface area contributed by atoms with Crippen molar-refractivity contribution in [3.8, 4) is 18.1 Å². The molecule has 1 unspecified atom stereocenters. The molecule has 0 aliphatic carbocycles. The van der Waals surface area contributed by atoms with E-state index in [4.69, 9.17) is 22.8 Å². The molecule has 4 nitrogen and oxygen atoms in total. The lowest BCUT2D eigenvalue weighted by molar-refractivity contribution is 0.412. The smallest absolute Gasteiger partial charge is 0.198 e. The van der Waals surface area contributed by atoms with Crippen LogP contribution >= 0.6 is 11.6 Å². The summed E-state index contributed by atoms with van der Waals surface area (Å²) < 4.78 is 5.08. The van der Waals surface area contributed by atoms with Crippen LogP contribution in [0.1, 0.15) is 13.3 Å². The quantitative estimate of drug-likeness (QED) is 0.629. The van der Waals surface area contributed by atoms with Gasteiger partial charge in [0.1, 0.15) is 6.33 Å². The van der Waals surface area contributed by atoms with Crippen molar-refractivity contribution in [2.75, 3.05) is 12.4 Å². The summed E-state index contributed by atoms with van der Waals surface area (Å²) in [6, 6.07) is -0.0927. The highest BCUT2D eigenvalue weighted by atomic mass is 35.5. The van der Waals surface area contributed by atoms with Gasteiger partial charge in [-0.3, -0.25) is 0 Å². The van der Waals surface area contributed by atoms with Gasteiger partial charge in [-0.2, -0.15) is 0 Å². The third-order valence-corrected chi connectivity index (χ3v) is 2.15.